The summed E-state index contributed by atoms with van der Waals surface area (Å²) < 4.78 is 0. The number of carbonyl (C=O) groups is 3. The van der Waals surface area contributed by atoms with Crippen LogP contribution in [0, 0.1) is 11.8 Å². The standard InChI is InChI=1S/C13H18N2O3/c16-11(14-8-5-6-8)7-15-12(17)9-3-1-2-4-10(9)13(15)18/h8-10H,1-7H2,(H,14,16)/t9-,10-/m0/s1. The first-order valence-corrected chi connectivity index (χ1v) is 6.81. The van der Waals surface area contributed by atoms with E-state index in [1.807, 2.05) is 0 Å². The summed E-state index contributed by atoms with van der Waals surface area (Å²) in [6, 6.07) is 0.271. The van der Waals surface area contributed by atoms with Gasteiger partial charge in [0.25, 0.3) is 0 Å². The van der Waals surface area contributed by atoms with Crippen molar-refractivity contribution in [1.29, 1.82) is 0 Å². The molecule has 98 valence electrons. The predicted octanol–water partition coefficient (Wildman–Crippen LogP) is 0.440. The summed E-state index contributed by atoms with van der Waals surface area (Å²) >= 11 is 0. The third-order valence-electron chi connectivity index (χ3n) is 4.18. The van der Waals surface area contributed by atoms with E-state index in [9.17, 15) is 14.4 Å². The van der Waals surface area contributed by atoms with E-state index >= 15 is 0 Å². The number of carbonyl (C=O) groups excluding carboxylic acids is 3. The molecule has 18 heavy (non-hydrogen) atoms. The molecule has 0 radical (unpaired) electrons. The van der Waals surface area contributed by atoms with E-state index in [0.717, 1.165) is 38.5 Å². The highest BCUT2D eigenvalue weighted by atomic mass is 16.2. The van der Waals surface area contributed by atoms with Crippen LogP contribution in [0.25, 0.3) is 0 Å². The van der Waals surface area contributed by atoms with Gasteiger partial charge in [0.15, 0.2) is 0 Å². The Bertz CT molecular complexity index is 379. The molecule has 1 saturated heterocycles. The highest BCUT2D eigenvalue weighted by molar-refractivity contribution is 6.07. The molecule has 3 fully saturated rings. The molecule has 1 aliphatic heterocycles. The van der Waals surface area contributed by atoms with Crippen LogP contribution < -0.4 is 5.32 Å². The van der Waals surface area contributed by atoms with Crippen LogP contribution in [0.1, 0.15) is 38.5 Å². The van der Waals surface area contributed by atoms with E-state index in [-0.39, 0.29) is 42.1 Å². The van der Waals surface area contributed by atoms with Crippen molar-refractivity contribution in [2.24, 2.45) is 11.8 Å². The average Bonchev–Trinajstić information content (AvgIpc) is 3.14. The highest BCUT2D eigenvalue weighted by Crippen LogP contribution is 2.37. The van der Waals surface area contributed by atoms with Crippen LogP contribution in [-0.4, -0.2) is 35.2 Å². The van der Waals surface area contributed by atoms with E-state index in [2.05, 4.69) is 5.32 Å². The average molecular weight is 250 g/mol. The summed E-state index contributed by atoms with van der Waals surface area (Å²) in [6.07, 6.45) is 5.66. The van der Waals surface area contributed by atoms with Gasteiger partial charge in [0.1, 0.15) is 6.54 Å². The number of hydrogen-bond acceptors (Lipinski definition) is 3. The summed E-state index contributed by atoms with van der Waals surface area (Å²) in [5.41, 5.74) is 0. The summed E-state index contributed by atoms with van der Waals surface area (Å²) in [5, 5.41) is 2.82. The lowest BCUT2D eigenvalue weighted by Gasteiger charge is -2.19. The maximum absolute atomic E-state index is 12.1. The van der Waals surface area contributed by atoms with Gasteiger partial charge in [0.05, 0.1) is 11.8 Å². The number of nitrogens with one attached hydrogen (secondary N) is 1. The van der Waals surface area contributed by atoms with E-state index in [4.69, 9.17) is 0 Å². The first-order valence-electron chi connectivity index (χ1n) is 6.81. The normalized spacial score (nSPS) is 31.4. The van der Waals surface area contributed by atoms with E-state index in [1.165, 1.54) is 4.90 Å². The van der Waals surface area contributed by atoms with E-state index < -0.39 is 0 Å². The van der Waals surface area contributed by atoms with Gasteiger partial charge < -0.3 is 5.32 Å². The maximum Gasteiger partial charge on any atom is 0.240 e. The monoisotopic (exact) mass is 250 g/mol. The van der Waals surface area contributed by atoms with Gasteiger partial charge in [-0.05, 0) is 25.7 Å². The largest absolute Gasteiger partial charge is 0.352 e. The van der Waals surface area contributed by atoms with Crippen LogP contribution in [0.15, 0.2) is 0 Å². The summed E-state index contributed by atoms with van der Waals surface area (Å²) in [6.45, 7) is -0.0822. The van der Waals surface area contributed by atoms with Crippen molar-refractivity contribution in [3.63, 3.8) is 0 Å². The van der Waals surface area contributed by atoms with Gasteiger partial charge in [-0.2, -0.15) is 0 Å². The fourth-order valence-corrected chi connectivity index (χ4v) is 3.03. The Hall–Kier alpha value is -1.39. The second kappa shape index (κ2) is 4.37. The summed E-state index contributed by atoms with van der Waals surface area (Å²) in [5.74, 6) is -0.760. The first-order chi connectivity index (χ1) is 8.66. The van der Waals surface area contributed by atoms with E-state index in [1.54, 1.807) is 0 Å². The third-order valence-corrected chi connectivity index (χ3v) is 4.18. The van der Waals surface area contributed by atoms with Gasteiger partial charge in [-0.3, -0.25) is 19.3 Å². The van der Waals surface area contributed by atoms with Crippen LogP contribution in [-0.2, 0) is 14.4 Å². The summed E-state index contributed by atoms with van der Waals surface area (Å²) in [4.78, 5) is 37.1. The van der Waals surface area contributed by atoms with Crippen LogP contribution in [0.3, 0.4) is 0 Å². The molecule has 1 heterocycles. The van der Waals surface area contributed by atoms with Gasteiger partial charge >= 0.3 is 0 Å². The van der Waals surface area contributed by atoms with Crippen LogP contribution in [0.2, 0.25) is 0 Å². The van der Waals surface area contributed by atoms with Crippen LogP contribution in [0.4, 0.5) is 0 Å². The predicted molar refractivity (Wildman–Crippen MR) is 63.3 cm³/mol. The van der Waals surface area contributed by atoms with Crippen LogP contribution in [0.5, 0.6) is 0 Å². The molecule has 2 aliphatic carbocycles. The highest BCUT2D eigenvalue weighted by Gasteiger charge is 2.48. The quantitative estimate of drug-likeness (QED) is 0.739. The van der Waals surface area contributed by atoms with Gasteiger partial charge in [0.2, 0.25) is 17.7 Å². The number of nitrogens with zero attached hydrogens (tertiary/aromatic N) is 1. The topological polar surface area (TPSA) is 66.5 Å². The molecule has 5 nitrogen and oxygen atoms in total. The fraction of sp³-hybridized carbons (Fsp3) is 0.769. The number of rotatable bonds is 3. The minimum absolute atomic E-state index is 0.0822. The Morgan fingerprint density at radius 3 is 2.11 bits per heavy atom. The molecule has 2 saturated carbocycles. The Labute approximate surface area is 106 Å². The zero-order valence-electron chi connectivity index (χ0n) is 10.4. The van der Waals surface area contributed by atoms with E-state index in [0.29, 0.717) is 0 Å². The SMILES string of the molecule is O=C(CN1C(=O)[C@H]2CCCC[C@@H]2C1=O)NC1CC1. The van der Waals surface area contributed by atoms with Crippen LogP contribution >= 0.6 is 0 Å². The molecule has 1 N–H and O–H groups in total. The molecular formula is C13H18N2O3. The lowest BCUT2D eigenvalue weighted by molar-refractivity contribution is -0.143. The Kier molecular flexibility index (Phi) is 2.84. The second-order valence-corrected chi connectivity index (χ2v) is 5.60. The zero-order valence-corrected chi connectivity index (χ0v) is 10.4. The van der Waals surface area contributed by atoms with Gasteiger partial charge in [-0.15, -0.1) is 0 Å². The molecule has 5 heteroatoms. The van der Waals surface area contributed by atoms with Crippen molar-refractivity contribution in [2.45, 2.75) is 44.6 Å². The molecule has 0 bridgehead atoms. The third kappa shape index (κ3) is 2.02. The number of imide groups is 1. The molecule has 3 rings (SSSR count). The number of likely N-dealkylation sites (tertiary alicyclic amines) is 1. The zero-order chi connectivity index (χ0) is 12.7. The molecular weight excluding hydrogens is 232 g/mol. The number of amides is 3. The van der Waals surface area contributed by atoms with Crippen molar-refractivity contribution >= 4 is 17.7 Å². The maximum atomic E-state index is 12.1. The Morgan fingerprint density at radius 2 is 1.61 bits per heavy atom. The fourth-order valence-electron chi connectivity index (χ4n) is 3.03. The van der Waals surface area contributed by atoms with Crippen molar-refractivity contribution in [2.75, 3.05) is 6.54 Å². The lowest BCUT2D eigenvalue weighted by atomic mass is 9.81. The first kappa shape index (κ1) is 11.7. The molecule has 3 aliphatic rings. The molecule has 0 spiro atoms. The van der Waals surface area contributed by atoms with Gasteiger partial charge in [-0.25, -0.2) is 0 Å². The lowest BCUT2D eigenvalue weighted by Crippen LogP contribution is -2.41. The number of fused-ring (bicyclic) bond motifs is 1. The minimum atomic E-state index is -0.196. The Morgan fingerprint density at radius 1 is 1.06 bits per heavy atom. The molecule has 3 amide bonds. The van der Waals surface area contributed by atoms with Crippen molar-refractivity contribution in [1.82, 2.24) is 10.2 Å². The van der Waals surface area contributed by atoms with Crippen molar-refractivity contribution in [3.05, 3.63) is 0 Å². The molecule has 0 aromatic heterocycles. The smallest absolute Gasteiger partial charge is 0.240 e. The Balaban J connectivity index is 1.65. The molecule has 0 aromatic carbocycles. The van der Waals surface area contributed by atoms with Crippen molar-refractivity contribution in [3.8, 4) is 0 Å². The molecule has 2 atom stereocenters. The van der Waals surface area contributed by atoms with Gasteiger partial charge in [-0.1, -0.05) is 12.8 Å². The van der Waals surface area contributed by atoms with Gasteiger partial charge in [0, 0.05) is 6.04 Å². The number of hydrogen-bond donors (Lipinski definition) is 1. The minimum Gasteiger partial charge on any atom is -0.352 e. The second-order valence-electron chi connectivity index (χ2n) is 5.60. The summed E-state index contributed by atoms with van der Waals surface area (Å²) in [7, 11) is 0. The molecule has 0 aromatic rings. The van der Waals surface area contributed by atoms with Crippen molar-refractivity contribution < 1.29 is 14.4 Å². The molecule has 0 unspecified atom stereocenters.